The third-order valence-electron chi connectivity index (χ3n) is 6.94. The average Bonchev–Trinajstić information content (AvgIpc) is 2.98. The molecule has 0 aromatic carbocycles. The summed E-state index contributed by atoms with van der Waals surface area (Å²) in [5.41, 5.74) is 5.96. The fraction of sp³-hybridized carbons (Fsp3) is 0.857. The van der Waals surface area contributed by atoms with Crippen LogP contribution in [-0.2, 0) is 42.1 Å². The van der Waals surface area contributed by atoms with Crippen LogP contribution in [0.5, 0.6) is 0 Å². The molecule has 14 nitrogen and oxygen atoms in total. The highest BCUT2D eigenvalue weighted by atomic mass is 31.2. The van der Waals surface area contributed by atoms with E-state index in [1.165, 1.54) is 11.9 Å². The van der Waals surface area contributed by atoms with Crippen LogP contribution in [0.4, 0.5) is 9.59 Å². The van der Waals surface area contributed by atoms with E-state index >= 15 is 0 Å². The maximum atomic E-state index is 13.4. The summed E-state index contributed by atoms with van der Waals surface area (Å²) in [5.74, 6) is -0.747. The smallest absolute Gasteiger partial charge is 0.465 e. The molecule has 248 valence electrons. The van der Waals surface area contributed by atoms with Crippen molar-refractivity contribution in [2.75, 3.05) is 46.6 Å². The van der Waals surface area contributed by atoms with Gasteiger partial charge in [0, 0.05) is 7.05 Å². The first-order valence-electron chi connectivity index (χ1n) is 15.5. The van der Waals surface area contributed by atoms with E-state index in [9.17, 15) is 18.9 Å². The zero-order valence-electron chi connectivity index (χ0n) is 25.7. The van der Waals surface area contributed by atoms with Crippen LogP contribution in [0.1, 0.15) is 96.8 Å². The second-order valence-electron chi connectivity index (χ2n) is 10.6. The fourth-order valence-corrected chi connectivity index (χ4v) is 5.88. The van der Waals surface area contributed by atoms with Gasteiger partial charge in [0.2, 0.25) is 5.96 Å². The lowest BCUT2D eigenvalue weighted by molar-refractivity contribution is -0.143. The Bertz CT molecular complexity index is 860. The lowest BCUT2D eigenvalue weighted by Crippen LogP contribution is -2.38. The molecule has 2 rings (SSSR count). The van der Waals surface area contributed by atoms with Crippen LogP contribution in [0.25, 0.3) is 0 Å². The van der Waals surface area contributed by atoms with Crippen molar-refractivity contribution >= 4 is 32.0 Å². The molecule has 0 aromatic heterocycles. The molecule has 2 N–H and O–H groups in total. The Morgan fingerprint density at radius 2 is 1.19 bits per heavy atom. The molecular weight excluding hydrogens is 585 g/mol. The van der Waals surface area contributed by atoms with Gasteiger partial charge < -0.3 is 34.3 Å². The van der Waals surface area contributed by atoms with E-state index in [4.69, 9.17) is 38.5 Å². The zero-order valence-corrected chi connectivity index (χ0v) is 26.6. The molecule has 2 aliphatic carbocycles. The summed E-state index contributed by atoms with van der Waals surface area (Å²) >= 11 is 0. The standard InChI is InChI=1S/C28H50N3O11P/c1-3-36-25(32)22-31(2)26(29)30-43(35,39-20-12-10-18-37-27(33)41-23-14-6-4-7-15-23)40-21-13-11-19-38-28(34)42-24-16-8-5-9-17-24/h23-24H,3-22H2,1-2H3,(H2,29,30,35). The third kappa shape index (κ3) is 16.7. The Balaban J connectivity index is 1.75. The van der Waals surface area contributed by atoms with E-state index < -0.39 is 26.0 Å². The third-order valence-corrected chi connectivity index (χ3v) is 8.41. The maximum absolute atomic E-state index is 13.4. The predicted molar refractivity (Wildman–Crippen MR) is 157 cm³/mol. The number of esters is 1. The normalized spacial score (nSPS) is 16.7. The van der Waals surface area contributed by atoms with Gasteiger partial charge in [0.15, 0.2) is 0 Å². The van der Waals surface area contributed by atoms with Crippen LogP contribution in [0, 0.1) is 0 Å². The quantitative estimate of drug-likeness (QED) is 0.0502. The molecule has 0 spiro atoms. The lowest BCUT2D eigenvalue weighted by Gasteiger charge is -2.21. The summed E-state index contributed by atoms with van der Waals surface area (Å²) in [6.45, 7) is 1.92. The van der Waals surface area contributed by atoms with Crippen molar-refractivity contribution in [2.45, 2.75) is 109 Å². The van der Waals surface area contributed by atoms with Gasteiger partial charge in [0.05, 0.1) is 33.0 Å². The molecule has 0 heterocycles. The van der Waals surface area contributed by atoms with Crippen LogP contribution in [0.15, 0.2) is 4.76 Å². The molecule has 0 aromatic rings. The number of hydrogen-bond acceptors (Lipinski definition) is 11. The first-order valence-corrected chi connectivity index (χ1v) is 17.0. The van der Waals surface area contributed by atoms with Crippen molar-refractivity contribution in [1.82, 2.24) is 4.90 Å². The number of nitrogens with zero attached hydrogens (tertiary/aromatic N) is 2. The molecule has 2 saturated carbocycles. The van der Waals surface area contributed by atoms with Crippen molar-refractivity contribution in [2.24, 2.45) is 10.5 Å². The number of ether oxygens (including phenoxy) is 5. The summed E-state index contributed by atoms with van der Waals surface area (Å²) < 4.78 is 54.2. The van der Waals surface area contributed by atoms with Gasteiger partial charge in [-0.15, -0.1) is 4.76 Å². The number of hydrogen-bond donors (Lipinski definition) is 1. The summed E-state index contributed by atoms with van der Waals surface area (Å²) in [4.78, 5) is 36.8. The van der Waals surface area contributed by atoms with Crippen molar-refractivity contribution in [3.05, 3.63) is 0 Å². The van der Waals surface area contributed by atoms with Crippen molar-refractivity contribution < 1.29 is 51.7 Å². The maximum Gasteiger partial charge on any atom is 0.508 e. The van der Waals surface area contributed by atoms with Crippen LogP contribution < -0.4 is 5.73 Å². The molecule has 2 fully saturated rings. The Kier molecular flexibility index (Phi) is 18.0. The first-order chi connectivity index (χ1) is 20.7. The van der Waals surface area contributed by atoms with Gasteiger partial charge in [-0.3, -0.25) is 13.8 Å². The highest BCUT2D eigenvalue weighted by molar-refractivity contribution is 7.52. The van der Waals surface area contributed by atoms with E-state index in [1.807, 2.05) is 0 Å². The van der Waals surface area contributed by atoms with Gasteiger partial charge in [0.25, 0.3) is 0 Å². The van der Waals surface area contributed by atoms with E-state index in [2.05, 4.69) is 4.76 Å². The second kappa shape index (κ2) is 21.2. The Morgan fingerprint density at radius 1 is 0.744 bits per heavy atom. The molecule has 0 saturated heterocycles. The number of carbonyl (C=O) groups excluding carboxylic acids is 3. The second-order valence-corrected chi connectivity index (χ2v) is 12.3. The minimum atomic E-state index is -4.07. The van der Waals surface area contributed by atoms with Crippen LogP contribution >= 0.6 is 7.75 Å². The highest BCUT2D eigenvalue weighted by Crippen LogP contribution is 2.50. The van der Waals surface area contributed by atoms with Crippen molar-refractivity contribution in [1.29, 1.82) is 0 Å². The zero-order chi connectivity index (χ0) is 31.3. The molecular formula is C28H50N3O11P. The van der Waals surface area contributed by atoms with Gasteiger partial charge in [-0.2, -0.15) is 0 Å². The molecule has 2 aliphatic rings. The molecule has 15 heteroatoms. The van der Waals surface area contributed by atoms with Gasteiger partial charge in [0.1, 0.15) is 18.8 Å². The van der Waals surface area contributed by atoms with Gasteiger partial charge in [-0.05, 0) is 84.0 Å². The highest BCUT2D eigenvalue weighted by Gasteiger charge is 2.26. The van der Waals surface area contributed by atoms with Gasteiger partial charge >= 0.3 is 26.0 Å². The van der Waals surface area contributed by atoms with Crippen molar-refractivity contribution in [3.8, 4) is 0 Å². The Morgan fingerprint density at radius 3 is 1.63 bits per heavy atom. The number of guanidine groups is 1. The molecule has 0 radical (unpaired) electrons. The van der Waals surface area contributed by atoms with E-state index in [-0.39, 0.29) is 57.7 Å². The number of carbonyl (C=O) groups is 3. The Hall–Kier alpha value is -2.57. The van der Waals surface area contributed by atoms with E-state index in [1.54, 1.807) is 6.92 Å². The molecule has 0 amide bonds. The number of nitrogens with two attached hydrogens (primary N) is 1. The predicted octanol–water partition coefficient (Wildman–Crippen LogP) is 5.47. The van der Waals surface area contributed by atoms with E-state index in [0.29, 0.717) is 25.7 Å². The molecule has 0 atom stereocenters. The lowest BCUT2D eigenvalue weighted by atomic mass is 9.98. The fourth-order valence-electron chi connectivity index (χ4n) is 4.56. The summed E-state index contributed by atoms with van der Waals surface area (Å²) in [5, 5.41) is 0. The van der Waals surface area contributed by atoms with Crippen molar-refractivity contribution in [3.63, 3.8) is 0 Å². The van der Waals surface area contributed by atoms with Gasteiger partial charge in [-0.25, -0.2) is 14.2 Å². The summed E-state index contributed by atoms with van der Waals surface area (Å²) in [6, 6.07) is 0. The molecule has 0 unspecified atom stereocenters. The largest absolute Gasteiger partial charge is 0.508 e. The minimum absolute atomic E-state index is 0.00714. The summed E-state index contributed by atoms with van der Waals surface area (Å²) in [7, 11) is -2.57. The number of unbranched alkanes of at least 4 members (excludes halogenated alkanes) is 2. The Labute approximate surface area is 254 Å². The number of likely N-dealkylation sites (N-methyl/N-ethyl adjacent to an activating group) is 1. The SMILES string of the molecule is CCOC(=O)CN(C)/C(N)=N\P(=O)(OCCCCOC(=O)OC1CCCCC1)OCCCCOC(=O)OC1CCCCC1. The molecule has 0 aliphatic heterocycles. The number of rotatable bonds is 18. The first kappa shape index (κ1) is 36.6. The average molecular weight is 636 g/mol. The minimum Gasteiger partial charge on any atom is -0.465 e. The summed E-state index contributed by atoms with van der Waals surface area (Å²) in [6.07, 6.45) is 10.1. The molecule has 43 heavy (non-hydrogen) atoms. The van der Waals surface area contributed by atoms with E-state index in [0.717, 1.165) is 64.2 Å². The van der Waals surface area contributed by atoms with Crippen LogP contribution in [0.2, 0.25) is 0 Å². The van der Waals surface area contributed by atoms with Crippen LogP contribution in [0.3, 0.4) is 0 Å². The topological polar surface area (TPSA) is 175 Å². The molecule has 0 bridgehead atoms. The van der Waals surface area contributed by atoms with Crippen LogP contribution in [-0.4, -0.2) is 88.0 Å². The monoisotopic (exact) mass is 635 g/mol. The van der Waals surface area contributed by atoms with Gasteiger partial charge in [-0.1, -0.05) is 12.8 Å².